The topological polar surface area (TPSA) is 55.2 Å². The molecule has 0 saturated carbocycles. The zero-order valence-electron chi connectivity index (χ0n) is 14.4. The van der Waals surface area contributed by atoms with E-state index in [1.54, 1.807) is 15.6 Å². The summed E-state index contributed by atoms with van der Waals surface area (Å²) in [5.41, 5.74) is 1.75. The number of fused-ring (bicyclic) bond motifs is 1. The molecule has 0 spiro atoms. The molecule has 0 aliphatic carbocycles. The molecule has 1 heterocycles. The highest BCUT2D eigenvalue weighted by Gasteiger charge is 2.17. The summed E-state index contributed by atoms with van der Waals surface area (Å²) >= 11 is 0. The molecule has 1 aromatic heterocycles. The lowest BCUT2D eigenvalue weighted by molar-refractivity contribution is -0.132. The summed E-state index contributed by atoms with van der Waals surface area (Å²) in [6, 6.07) is 17.3. The molecule has 0 radical (unpaired) electrons. The minimum Gasteiger partial charge on any atom is -0.339 e. The largest absolute Gasteiger partial charge is 0.339 e. The molecular formula is C20H21N3O2. The minimum absolute atomic E-state index is 0.00687. The number of aromatic nitrogens is 2. The van der Waals surface area contributed by atoms with Crippen LogP contribution in [0.5, 0.6) is 0 Å². The van der Waals surface area contributed by atoms with Crippen LogP contribution in [0.1, 0.15) is 24.9 Å². The van der Waals surface area contributed by atoms with Crippen LogP contribution in [-0.2, 0) is 11.3 Å². The molecule has 3 rings (SSSR count). The van der Waals surface area contributed by atoms with Gasteiger partial charge in [0.1, 0.15) is 0 Å². The number of carbonyl (C=O) groups excluding carboxylic acids is 1. The zero-order valence-corrected chi connectivity index (χ0v) is 14.4. The molecule has 2 aromatic carbocycles. The van der Waals surface area contributed by atoms with Crippen molar-refractivity contribution in [3.8, 4) is 0 Å². The highest BCUT2D eigenvalue weighted by atomic mass is 16.2. The number of hydrogen-bond acceptors (Lipinski definition) is 3. The number of rotatable bonds is 5. The fourth-order valence-electron chi connectivity index (χ4n) is 2.89. The second-order valence-corrected chi connectivity index (χ2v) is 6.09. The molecule has 0 unspecified atom stereocenters. The summed E-state index contributed by atoms with van der Waals surface area (Å²) in [7, 11) is 1.82. The molecule has 0 fully saturated rings. The first-order valence-electron chi connectivity index (χ1n) is 8.33. The molecule has 0 aliphatic heterocycles. The fraction of sp³-hybridized carbons (Fsp3) is 0.250. The molecule has 25 heavy (non-hydrogen) atoms. The van der Waals surface area contributed by atoms with Gasteiger partial charge in [-0.2, -0.15) is 5.10 Å². The van der Waals surface area contributed by atoms with Gasteiger partial charge in [-0.05, 0) is 24.6 Å². The summed E-state index contributed by atoms with van der Waals surface area (Å²) in [5, 5.41) is 4.80. The second kappa shape index (κ2) is 7.30. The SMILES string of the molecule is C[C@H](c1ccccc1)N(C)C(=O)CCn1ncc(=O)c2ccccc21. The quantitative estimate of drug-likeness (QED) is 0.720. The molecule has 0 N–H and O–H groups in total. The van der Waals surface area contributed by atoms with E-state index in [9.17, 15) is 9.59 Å². The lowest BCUT2D eigenvalue weighted by Crippen LogP contribution is -2.30. The van der Waals surface area contributed by atoms with Crippen molar-refractivity contribution in [2.24, 2.45) is 0 Å². The van der Waals surface area contributed by atoms with Crippen molar-refractivity contribution in [1.29, 1.82) is 0 Å². The lowest BCUT2D eigenvalue weighted by atomic mass is 10.1. The molecule has 0 aliphatic rings. The molecule has 1 amide bonds. The Bertz CT molecular complexity index is 934. The zero-order chi connectivity index (χ0) is 17.8. The van der Waals surface area contributed by atoms with Crippen molar-refractivity contribution in [1.82, 2.24) is 14.7 Å². The van der Waals surface area contributed by atoms with Crippen LogP contribution in [0.2, 0.25) is 0 Å². The van der Waals surface area contributed by atoms with E-state index in [4.69, 9.17) is 0 Å². The average molecular weight is 335 g/mol. The Balaban J connectivity index is 1.72. The molecule has 5 heteroatoms. The molecule has 0 saturated heterocycles. The van der Waals surface area contributed by atoms with Crippen molar-refractivity contribution < 1.29 is 4.79 Å². The van der Waals surface area contributed by atoms with E-state index in [-0.39, 0.29) is 17.4 Å². The van der Waals surface area contributed by atoms with Gasteiger partial charge in [0.2, 0.25) is 11.3 Å². The molecule has 1 atom stereocenters. The van der Waals surface area contributed by atoms with E-state index in [1.165, 1.54) is 6.20 Å². The highest BCUT2D eigenvalue weighted by molar-refractivity contribution is 5.79. The normalized spacial score (nSPS) is 12.1. The molecule has 128 valence electrons. The van der Waals surface area contributed by atoms with Crippen LogP contribution in [-0.4, -0.2) is 27.6 Å². The Labute approximate surface area is 146 Å². The van der Waals surface area contributed by atoms with E-state index in [0.717, 1.165) is 11.1 Å². The van der Waals surface area contributed by atoms with Crippen LogP contribution < -0.4 is 5.43 Å². The van der Waals surface area contributed by atoms with Gasteiger partial charge in [0, 0.05) is 18.9 Å². The Morgan fingerprint density at radius 3 is 2.56 bits per heavy atom. The van der Waals surface area contributed by atoms with Gasteiger partial charge in [-0.3, -0.25) is 14.3 Å². The van der Waals surface area contributed by atoms with Crippen LogP contribution in [0.3, 0.4) is 0 Å². The van der Waals surface area contributed by atoms with Gasteiger partial charge in [0.25, 0.3) is 0 Å². The van der Waals surface area contributed by atoms with E-state index in [0.29, 0.717) is 18.4 Å². The third-order valence-electron chi connectivity index (χ3n) is 4.56. The average Bonchev–Trinajstić information content (AvgIpc) is 2.67. The number of benzene rings is 2. The number of hydrogen-bond donors (Lipinski definition) is 0. The van der Waals surface area contributed by atoms with Crippen molar-refractivity contribution in [2.45, 2.75) is 25.9 Å². The van der Waals surface area contributed by atoms with E-state index in [1.807, 2.05) is 62.5 Å². The predicted octanol–water partition coefficient (Wildman–Crippen LogP) is 3.01. The first kappa shape index (κ1) is 16.9. The minimum atomic E-state index is -0.104. The van der Waals surface area contributed by atoms with E-state index < -0.39 is 0 Å². The van der Waals surface area contributed by atoms with Crippen LogP contribution in [0, 0.1) is 0 Å². The summed E-state index contributed by atoms with van der Waals surface area (Å²) < 4.78 is 1.72. The van der Waals surface area contributed by atoms with Gasteiger partial charge in [-0.25, -0.2) is 0 Å². The van der Waals surface area contributed by atoms with Crippen molar-refractivity contribution in [3.63, 3.8) is 0 Å². The van der Waals surface area contributed by atoms with Gasteiger partial charge in [0.15, 0.2) is 0 Å². The van der Waals surface area contributed by atoms with Crippen molar-refractivity contribution >= 4 is 16.8 Å². The second-order valence-electron chi connectivity index (χ2n) is 6.09. The van der Waals surface area contributed by atoms with Crippen molar-refractivity contribution in [2.75, 3.05) is 7.05 Å². The predicted molar refractivity (Wildman–Crippen MR) is 98.2 cm³/mol. The number of aryl methyl sites for hydroxylation is 1. The standard InChI is InChI=1S/C20H21N3O2/c1-15(16-8-4-3-5-9-16)22(2)20(25)12-13-23-18-11-7-6-10-17(18)19(24)14-21-23/h3-11,14-15H,12-13H2,1-2H3/t15-/m1/s1. The maximum absolute atomic E-state index is 12.6. The molecular weight excluding hydrogens is 314 g/mol. The smallest absolute Gasteiger partial charge is 0.224 e. The van der Waals surface area contributed by atoms with Gasteiger partial charge < -0.3 is 4.90 Å². The van der Waals surface area contributed by atoms with Gasteiger partial charge >= 0.3 is 0 Å². The first-order chi connectivity index (χ1) is 12.1. The van der Waals surface area contributed by atoms with Gasteiger partial charge in [0.05, 0.1) is 24.3 Å². The van der Waals surface area contributed by atoms with Gasteiger partial charge in [-0.1, -0.05) is 42.5 Å². The van der Waals surface area contributed by atoms with Crippen LogP contribution in [0.4, 0.5) is 0 Å². The maximum Gasteiger partial charge on any atom is 0.224 e. The molecule has 3 aromatic rings. The Morgan fingerprint density at radius 2 is 1.80 bits per heavy atom. The number of amides is 1. The number of para-hydroxylation sites is 1. The summed E-state index contributed by atoms with van der Waals surface area (Å²) in [6.07, 6.45) is 1.64. The number of carbonyl (C=O) groups is 1. The third-order valence-corrected chi connectivity index (χ3v) is 4.56. The monoisotopic (exact) mass is 335 g/mol. The van der Waals surface area contributed by atoms with Crippen molar-refractivity contribution in [3.05, 3.63) is 76.6 Å². The Hall–Kier alpha value is -2.95. The first-order valence-corrected chi connectivity index (χ1v) is 8.33. The Kier molecular flexibility index (Phi) is 4.93. The summed E-state index contributed by atoms with van der Waals surface area (Å²) in [5.74, 6) is 0.0425. The lowest BCUT2D eigenvalue weighted by Gasteiger charge is -2.25. The van der Waals surface area contributed by atoms with Crippen LogP contribution in [0.15, 0.2) is 65.6 Å². The Morgan fingerprint density at radius 1 is 1.12 bits per heavy atom. The van der Waals surface area contributed by atoms with E-state index in [2.05, 4.69) is 5.10 Å². The third kappa shape index (κ3) is 3.60. The summed E-state index contributed by atoms with van der Waals surface area (Å²) in [6.45, 7) is 2.45. The molecule has 0 bridgehead atoms. The maximum atomic E-state index is 12.6. The number of nitrogens with zero attached hydrogens (tertiary/aromatic N) is 3. The summed E-state index contributed by atoms with van der Waals surface area (Å²) in [4.78, 5) is 26.2. The highest BCUT2D eigenvalue weighted by Crippen LogP contribution is 2.19. The fourth-order valence-corrected chi connectivity index (χ4v) is 2.89. The molecule has 5 nitrogen and oxygen atoms in total. The van der Waals surface area contributed by atoms with Crippen LogP contribution >= 0.6 is 0 Å². The van der Waals surface area contributed by atoms with E-state index >= 15 is 0 Å². The van der Waals surface area contributed by atoms with Gasteiger partial charge in [-0.15, -0.1) is 0 Å². The van der Waals surface area contributed by atoms with Crippen LogP contribution in [0.25, 0.3) is 10.9 Å².